The molecule has 2 rings (SSSR count). The number of carbonyl (C=O) groups is 1. The number of carboxylic acid groups (broad SMARTS) is 1. The zero-order valence-electron chi connectivity index (χ0n) is 11.2. The van der Waals surface area contributed by atoms with Crippen molar-refractivity contribution in [3.05, 3.63) is 47.0 Å². The fourth-order valence-corrected chi connectivity index (χ4v) is 2.05. The van der Waals surface area contributed by atoms with Crippen molar-refractivity contribution >= 4 is 17.6 Å². The molecule has 0 aliphatic heterocycles. The Morgan fingerprint density at radius 3 is 2.60 bits per heavy atom. The van der Waals surface area contributed by atoms with Crippen molar-refractivity contribution in [3.63, 3.8) is 0 Å². The molecule has 1 aromatic carbocycles. The van der Waals surface area contributed by atoms with E-state index in [1.54, 1.807) is 24.3 Å². The second kappa shape index (κ2) is 5.98. The Kier molecular flexibility index (Phi) is 4.32. The molecule has 0 aliphatic rings. The van der Waals surface area contributed by atoms with E-state index < -0.39 is 5.97 Å². The minimum atomic E-state index is -1.10. The molecule has 0 saturated heterocycles. The molecule has 0 spiro atoms. The summed E-state index contributed by atoms with van der Waals surface area (Å²) in [5, 5.41) is 9.80. The fourth-order valence-electron chi connectivity index (χ4n) is 1.82. The number of hydrogen-bond donors (Lipinski definition) is 1. The van der Waals surface area contributed by atoms with Gasteiger partial charge in [-0.25, -0.2) is 14.8 Å². The van der Waals surface area contributed by atoms with Crippen molar-refractivity contribution in [1.29, 1.82) is 0 Å². The van der Waals surface area contributed by atoms with E-state index in [-0.39, 0.29) is 5.69 Å². The van der Waals surface area contributed by atoms with E-state index in [0.717, 1.165) is 0 Å². The highest BCUT2D eigenvalue weighted by molar-refractivity contribution is 6.33. The van der Waals surface area contributed by atoms with Crippen LogP contribution in [0.5, 0.6) is 0 Å². The highest BCUT2D eigenvalue weighted by atomic mass is 35.5. The molecule has 0 radical (unpaired) electrons. The van der Waals surface area contributed by atoms with Crippen LogP contribution in [0, 0.1) is 0 Å². The molecule has 0 aliphatic carbocycles. The monoisotopic (exact) mass is 291 g/mol. The van der Waals surface area contributed by atoms with E-state index in [0.29, 0.717) is 28.5 Å². The molecule has 2 aromatic rings. The summed E-state index contributed by atoms with van der Waals surface area (Å²) < 4.78 is 0. The first-order valence-corrected chi connectivity index (χ1v) is 6.35. The molecule has 0 fully saturated rings. The van der Waals surface area contributed by atoms with Gasteiger partial charge in [0.05, 0.1) is 6.54 Å². The highest BCUT2D eigenvalue weighted by Crippen LogP contribution is 2.29. The first-order chi connectivity index (χ1) is 9.49. The second-order valence-corrected chi connectivity index (χ2v) is 4.98. The van der Waals surface area contributed by atoms with Crippen molar-refractivity contribution < 1.29 is 9.90 Å². The molecular weight excluding hydrogens is 278 g/mol. The number of hydrogen-bond acceptors (Lipinski definition) is 4. The topological polar surface area (TPSA) is 66.3 Å². The number of nitrogens with zero attached hydrogens (tertiary/aromatic N) is 3. The van der Waals surface area contributed by atoms with E-state index in [1.165, 1.54) is 6.20 Å². The van der Waals surface area contributed by atoms with Gasteiger partial charge in [-0.3, -0.25) is 0 Å². The predicted octanol–water partition coefficient (Wildman–Crippen LogP) is 2.56. The van der Waals surface area contributed by atoms with Crippen LogP contribution < -0.4 is 0 Å². The zero-order chi connectivity index (χ0) is 14.7. The van der Waals surface area contributed by atoms with Gasteiger partial charge in [0.2, 0.25) is 0 Å². The molecule has 1 heterocycles. The normalized spacial score (nSPS) is 10.8. The highest BCUT2D eigenvalue weighted by Gasteiger charge is 2.17. The molecule has 0 saturated carbocycles. The van der Waals surface area contributed by atoms with E-state index in [1.807, 2.05) is 19.0 Å². The van der Waals surface area contributed by atoms with E-state index in [2.05, 4.69) is 9.97 Å². The maximum atomic E-state index is 11.4. The molecule has 6 heteroatoms. The summed E-state index contributed by atoms with van der Waals surface area (Å²) in [7, 11) is 3.73. The van der Waals surface area contributed by atoms with Crippen LogP contribution in [0.4, 0.5) is 0 Å². The van der Waals surface area contributed by atoms with Crippen LogP contribution in [0.2, 0.25) is 5.02 Å². The summed E-state index contributed by atoms with van der Waals surface area (Å²) in [5.41, 5.74) is 0.999. The Balaban J connectivity index is 2.54. The Bertz CT molecular complexity index is 644. The Morgan fingerprint density at radius 2 is 2.00 bits per heavy atom. The molecule has 0 amide bonds. The molecule has 5 nitrogen and oxygen atoms in total. The SMILES string of the molecule is CN(C)Cc1ncc(-c2ccccc2Cl)c(C(=O)O)n1. The van der Waals surface area contributed by atoms with E-state index >= 15 is 0 Å². The van der Waals surface area contributed by atoms with Crippen molar-refractivity contribution in [3.8, 4) is 11.1 Å². The van der Waals surface area contributed by atoms with Crippen LogP contribution in [0.3, 0.4) is 0 Å². The Hall–Kier alpha value is -1.98. The van der Waals surface area contributed by atoms with Gasteiger partial charge < -0.3 is 10.0 Å². The lowest BCUT2D eigenvalue weighted by Crippen LogP contribution is -2.16. The molecule has 104 valence electrons. The van der Waals surface area contributed by atoms with Crippen molar-refractivity contribution in [1.82, 2.24) is 14.9 Å². The van der Waals surface area contributed by atoms with Gasteiger partial charge in [-0.1, -0.05) is 29.8 Å². The first-order valence-electron chi connectivity index (χ1n) is 5.98. The summed E-state index contributed by atoms with van der Waals surface area (Å²) in [6, 6.07) is 7.03. The first kappa shape index (κ1) is 14.4. The maximum Gasteiger partial charge on any atom is 0.355 e. The predicted molar refractivity (Wildman–Crippen MR) is 76.8 cm³/mol. The third-order valence-corrected chi connectivity index (χ3v) is 2.99. The van der Waals surface area contributed by atoms with Crippen molar-refractivity contribution in [2.75, 3.05) is 14.1 Å². The van der Waals surface area contributed by atoms with Gasteiger partial charge in [-0.15, -0.1) is 0 Å². The van der Waals surface area contributed by atoms with Gasteiger partial charge >= 0.3 is 5.97 Å². The zero-order valence-corrected chi connectivity index (χ0v) is 11.9. The smallest absolute Gasteiger partial charge is 0.355 e. The minimum Gasteiger partial charge on any atom is -0.476 e. The largest absolute Gasteiger partial charge is 0.476 e. The molecule has 1 N–H and O–H groups in total. The maximum absolute atomic E-state index is 11.4. The van der Waals surface area contributed by atoms with Gasteiger partial charge in [-0.05, 0) is 20.2 Å². The van der Waals surface area contributed by atoms with Crippen molar-refractivity contribution in [2.45, 2.75) is 6.54 Å². The minimum absolute atomic E-state index is 0.0371. The molecular formula is C14H14ClN3O2. The third-order valence-electron chi connectivity index (χ3n) is 2.66. The average Bonchev–Trinajstić information content (AvgIpc) is 2.39. The number of halogens is 1. The lowest BCUT2D eigenvalue weighted by Gasteiger charge is -2.11. The van der Waals surface area contributed by atoms with Gasteiger partial charge in [0, 0.05) is 22.3 Å². The number of benzene rings is 1. The number of rotatable bonds is 4. The lowest BCUT2D eigenvalue weighted by atomic mass is 10.1. The van der Waals surface area contributed by atoms with Crippen LogP contribution in [0.15, 0.2) is 30.5 Å². The van der Waals surface area contributed by atoms with E-state index in [9.17, 15) is 9.90 Å². The van der Waals surface area contributed by atoms with Crippen LogP contribution in [-0.2, 0) is 6.54 Å². The summed E-state index contributed by atoms with van der Waals surface area (Å²) >= 11 is 6.10. The summed E-state index contributed by atoms with van der Waals surface area (Å²) in [6.45, 7) is 0.475. The van der Waals surface area contributed by atoms with E-state index in [4.69, 9.17) is 11.6 Å². The van der Waals surface area contributed by atoms with Gasteiger partial charge in [0.15, 0.2) is 5.69 Å². The third kappa shape index (κ3) is 3.12. The average molecular weight is 292 g/mol. The standard InChI is InChI=1S/C14H14ClN3O2/c1-18(2)8-12-16-7-10(13(17-12)14(19)20)9-5-3-4-6-11(9)15/h3-7H,8H2,1-2H3,(H,19,20). The second-order valence-electron chi connectivity index (χ2n) is 4.57. The fraction of sp³-hybridized carbons (Fsp3) is 0.214. The number of aromatic carboxylic acids is 1. The summed E-state index contributed by atoms with van der Waals surface area (Å²) in [6.07, 6.45) is 1.51. The van der Waals surface area contributed by atoms with Crippen molar-refractivity contribution in [2.24, 2.45) is 0 Å². The van der Waals surface area contributed by atoms with Crippen LogP contribution in [0.25, 0.3) is 11.1 Å². The molecule has 0 atom stereocenters. The molecule has 1 aromatic heterocycles. The Morgan fingerprint density at radius 1 is 1.30 bits per heavy atom. The van der Waals surface area contributed by atoms with Gasteiger partial charge in [0.1, 0.15) is 5.82 Å². The molecule has 0 unspecified atom stereocenters. The van der Waals surface area contributed by atoms with Crippen LogP contribution in [-0.4, -0.2) is 40.0 Å². The molecule has 20 heavy (non-hydrogen) atoms. The van der Waals surface area contributed by atoms with Crippen LogP contribution >= 0.6 is 11.6 Å². The Labute approximate surface area is 121 Å². The van der Waals surface area contributed by atoms with Gasteiger partial charge in [0.25, 0.3) is 0 Å². The lowest BCUT2D eigenvalue weighted by molar-refractivity contribution is 0.0690. The quantitative estimate of drug-likeness (QED) is 0.938. The summed E-state index contributed by atoms with van der Waals surface area (Å²) in [5.74, 6) is -0.634. The molecule has 0 bridgehead atoms. The van der Waals surface area contributed by atoms with Gasteiger partial charge in [-0.2, -0.15) is 0 Å². The number of aromatic nitrogens is 2. The number of carboxylic acids is 1. The summed E-state index contributed by atoms with van der Waals surface area (Å²) in [4.78, 5) is 21.6. The van der Waals surface area contributed by atoms with Crippen LogP contribution in [0.1, 0.15) is 16.3 Å².